The van der Waals surface area contributed by atoms with Crippen LogP contribution in [0.2, 0.25) is 0 Å². The monoisotopic (exact) mass is 233 g/mol. The Morgan fingerprint density at radius 2 is 2.22 bits per heavy atom. The highest BCUT2D eigenvalue weighted by Crippen LogP contribution is 2.16. The summed E-state index contributed by atoms with van der Waals surface area (Å²) in [4.78, 5) is 4.04. The lowest BCUT2D eigenvalue weighted by Crippen LogP contribution is -1.86. The SMILES string of the molecule is C(#Cc1[nH]nc2c1CC=CC=C2)c1cccnc1. The molecular weight excluding hydrogens is 222 g/mol. The van der Waals surface area contributed by atoms with Gasteiger partial charge in [0.15, 0.2) is 0 Å². The molecule has 18 heavy (non-hydrogen) atoms. The predicted molar refractivity (Wildman–Crippen MR) is 70.7 cm³/mol. The number of nitrogens with one attached hydrogen (secondary N) is 1. The smallest absolute Gasteiger partial charge is 0.112 e. The van der Waals surface area contributed by atoms with Crippen LogP contribution in [0.1, 0.15) is 22.5 Å². The third kappa shape index (κ3) is 2.09. The first kappa shape index (κ1) is 10.5. The first-order chi connectivity index (χ1) is 8.93. The average Bonchev–Trinajstić information content (AvgIpc) is 2.65. The van der Waals surface area contributed by atoms with E-state index in [1.54, 1.807) is 12.4 Å². The van der Waals surface area contributed by atoms with Gasteiger partial charge in [-0.15, -0.1) is 0 Å². The molecule has 3 heteroatoms. The minimum atomic E-state index is 0.857. The summed E-state index contributed by atoms with van der Waals surface area (Å²) in [6.07, 6.45) is 12.5. The molecule has 86 valence electrons. The molecule has 2 aromatic rings. The molecular formula is C15H11N3. The molecule has 3 rings (SSSR count). The molecule has 1 aliphatic carbocycles. The van der Waals surface area contributed by atoms with E-state index in [2.05, 4.69) is 33.1 Å². The molecule has 0 radical (unpaired) electrons. The van der Waals surface area contributed by atoms with Crippen molar-refractivity contribution < 1.29 is 0 Å². The third-order valence-electron chi connectivity index (χ3n) is 2.72. The molecule has 1 N–H and O–H groups in total. The maximum Gasteiger partial charge on any atom is 0.112 e. The topological polar surface area (TPSA) is 41.6 Å². The lowest BCUT2D eigenvalue weighted by Gasteiger charge is -1.92. The first-order valence-corrected chi connectivity index (χ1v) is 5.76. The van der Waals surface area contributed by atoms with E-state index in [4.69, 9.17) is 0 Å². The van der Waals surface area contributed by atoms with E-state index in [9.17, 15) is 0 Å². The largest absolute Gasteiger partial charge is 0.269 e. The van der Waals surface area contributed by atoms with Crippen LogP contribution in [0.15, 0.2) is 42.8 Å². The minimum Gasteiger partial charge on any atom is -0.269 e. The zero-order valence-corrected chi connectivity index (χ0v) is 9.72. The molecule has 0 fully saturated rings. The van der Waals surface area contributed by atoms with Crippen LogP contribution in [-0.2, 0) is 6.42 Å². The lowest BCUT2D eigenvalue weighted by molar-refractivity contribution is 1.07. The van der Waals surface area contributed by atoms with Gasteiger partial charge >= 0.3 is 0 Å². The van der Waals surface area contributed by atoms with Gasteiger partial charge in [0.2, 0.25) is 0 Å². The summed E-state index contributed by atoms with van der Waals surface area (Å²) in [7, 11) is 0. The van der Waals surface area contributed by atoms with Crippen LogP contribution < -0.4 is 0 Å². The van der Waals surface area contributed by atoms with Gasteiger partial charge in [-0.25, -0.2) is 0 Å². The van der Waals surface area contributed by atoms with Crippen LogP contribution in [0.4, 0.5) is 0 Å². The van der Waals surface area contributed by atoms with E-state index in [0.29, 0.717) is 0 Å². The number of nitrogens with zero attached hydrogens (tertiary/aromatic N) is 2. The van der Waals surface area contributed by atoms with Crippen molar-refractivity contribution in [3.05, 3.63) is 65.3 Å². The normalized spacial score (nSPS) is 12.4. The van der Waals surface area contributed by atoms with Crippen molar-refractivity contribution in [2.24, 2.45) is 0 Å². The molecule has 0 saturated heterocycles. The first-order valence-electron chi connectivity index (χ1n) is 5.76. The van der Waals surface area contributed by atoms with E-state index in [-0.39, 0.29) is 0 Å². The molecule has 0 aromatic carbocycles. The fraction of sp³-hybridized carbons (Fsp3) is 0.0667. The van der Waals surface area contributed by atoms with Gasteiger partial charge in [-0.3, -0.25) is 10.1 Å². The highest BCUT2D eigenvalue weighted by atomic mass is 15.1. The van der Waals surface area contributed by atoms with Gasteiger partial charge < -0.3 is 0 Å². The van der Waals surface area contributed by atoms with Gasteiger partial charge in [0.05, 0.1) is 5.69 Å². The molecule has 0 bridgehead atoms. The fourth-order valence-corrected chi connectivity index (χ4v) is 1.81. The molecule has 0 spiro atoms. The van der Waals surface area contributed by atoms with Crippen LogP contribution in [0, 0.1) is 11.8 Å². The minimum absolute atomic E-state index is 0.857. The fourth-order valence-electron chi connectivity index (χ4n) is 1.81. The van der Waals surface area contributed by atoms with Crippen LogP contribution in [0.5, 0.6) is 0 Å². The summed E-state index contributed by atoms with van der Waals surface area (Å²) >= 11 is 0. The number of aromatic nitrogens is 3. The van der Waals surface area contributed by atoms with Crippen LogP contribution in [-0.4, -0.2) is 15.2 Å². The maximum atomic E-state index is 4.26. The van der Waals surface area contributed by atoms with Gasteiger partial charge in [0.1, 0.15) is 5.69 Å². The third-order valence-corrected chi connectivity index (χ3v) is 2.72. The molecule has 2 aromatic heterocycles. The highest BCUT2D eigenvalue weighted by molar-refractivity contribution is 5.57. The second-order valence-electron chi connectivity index (χ2n) is 3.95. The average molecular weight is 233 g/mol. The van der Waals surface area contributed by atoms with Gasteiger partial charge in [-0.1, -0.05) is 24.1 Å². The molecule has 1 aliphatic rings. The van der Waals surface area contributed by atoms with Crippen molar-refractivity contribution in [3.63, 3.8) is 0 Å². The van der Waals surface area contributed by atoms with E-state index >= 15 is 0 Å². The quantitative estimate of drug-likeness (QED) is 0.709. The van der Waals surface area contributed by atoms with Crippen molar-refractivity contribution in [2.45, 2.75) is 6.42 Å². The number of pyridine rings is 1. The number of H-pyrrole nitrogens is 1. The lowest BCUT2D eigenvalue weighted by atomic mass is 10.1. The van der Waals surface area contributed by atoms with Gasteiger partial charge in [0.25, 0.3) is 0 Å². The number of rotatable bonds is 0. The molecule has 0 atom stereocenters. The summed E-state index contributed by atoms with van der Waals surface area (Å²) in [5, 5.41) is 7.24. The zero-order valence-electron chi connectivity index (χ0n) is 9.72. The maximum absolute atomic E-state index is 4.26. The van der Waals surface area contributed by atoms with E-state index in [1.807, 2.05) is 30.4 Å². The summed E-state index contributed by atoms with van der Waals surface area (Å²) in [6.45, 7) is 0. The van der Waals surface area contributed by atoms with Crippen molar-refractivity contribution in [2.75, 3.05) is 0 Å². The summed E-state index contributed by atoms with van der Waals surface area (Å²) < 4.78 is 0. The summed E-state index contributed by atoms with van der Waals surface area (Å²) in [5.41, 5.74) is 3.90. The van der Waals surface area contributed by atoms with E-state index in [1.165, 1.54) is 0 Å². The molecule has 0 aliphatic heterocycles. The standard InChI is InChI=1S/C15H11N3/c1-2-6-13-14(7-3-1)17-18-15(13)9-8-12-5-4-10-16-11-12/h1-5,7,10-11H,6H2,(H,17,18). The van der Waals surface area contributed by atoms with Gasteiger partial charge in [0, 0.05) is 23.5 Å². The van der Waals surface area contributed by atoms with E-state index < -0.39 is 0 Å². The Hall–Kier alpha value is -2.60. The number of fused-ring (bicyclic) bond motifs is 1. The van der Waals surface area contributed by atoms with Crippen molar-refractivity contribution >= 4 is 6.08 Å². The Morgan fingerprint density at radius 3 is 3.11 bits per heavy atom. The second-order valence-corrected chi connectivity index (χ2v) is 3.95. The van der Waals surface area contributed by atoms with Crippen molar-refractivity contribution in [1.82, 2.24) is 15.2 Å². The second kappa shape index (κ2) is 4.72. The Morgan fingerprint density at radius 1 is 1.22 bits per heavy atom. The van der Waals surface area contributed by atoms with Gasteiger partial charge in [-0.05, 0) is 30.6 Å². The molecule has 0 saturated carbocycles. The van der Waals surface area contributed by atoms with E-state index in [0.717, 1.165) is 28.9 Å². The Kier molecular flexibility index (Phi) is 2.77. The molecule has 0 unspecified atom stereocenters. The van der Waals surface area contributed by atoms with Crippen LogP contribution >= 0.6 is 0 Å². The number of aromatic amines is 1. The number of allylic oxidation sites excluding steroid dienone is 3. The molecule has 3 nitrogen and oxygen atoms in total. The van der Waals surface area contributed by atoms with Gasteiger partial charge in [-0.2, -0.15) is 5.10 Å². The predicted octanol–water partition coefficient (Wildman–Crippen LogP) is 2.33. The van der Waals surface area contributed by atoms with Crippen molar-refractivity contribution in [1.29, 1.82) is 0 Å². The summed E-state index contributed by atoms with van der Waals surface area (Å²) in [5.74, 6) is 6.21. The number of hydrogen-bond acceptors (Lipinski definition) is 2. The molecule has 2 heterocycles. The Balaban J connectivity index is 1.96. The van der Waals surface area contributed by atoms with Crippen LogP contribution in [0.3, 0.4) is 0 Å². The summed E-state index contributed by atoms with van der Waals surface area (Å²) in [6, 6.07) is 3.82. The number of hydrogen-bond donors (Lipinski definition) is 1. The molecule has 0 amide bonds. The highest BCUT2D eigenvalue weighted by Gasteiger charge is 2.08. The van der Waals surface area contributed by atoms with Crippen molar-refractivity contribution in [3.8, 4) is 11.8 Å². The van der Waals surface area contributed by atoms with Crippen LogP contribution in [0.25, 0.3) is 6.08 Å². The zero-order chi connectivity index (χ0) is 12.2. The Labute approximate surface area is 105 Å². The Bertz CT molecular complexity index is 667.